The highest BCUT2D eigenvalue weighted by Gasteiger charge is 2.42. The van der Waals surface area contributed by atoms with Crippen LogP contribution in [0.5, 0.6) is 11.5 Å². The van der Waals surface area contributed by atoms with E-state index < -0.39 is 18.2 Å². The van der Waals surface area contributed by atoms with Gasteiger partial charge in [-0.15, -0.1) is 0 Å². The second-order valence-electron chi connectivity index (χ2n) is 7.91. The van der Waals surface area contributed by atoms with Crippen LogP contribution in [0.3, 0.4) is 0 Å². The summed E-state index contributed by atoms with van der Waals surface area (Å²) in [5, 5.41) is 0. The number of Topliss-reactive ketones (excluding diaryl/α,β-unsaturated/α-hetero) is 1. The number of carbonyl (C=O) groups excluding carboxylic acids is 2. The molecule has 0 spiro atoms. The van der Waals surface area contributed by atoms with Gasteiger partial charge in [0.25, 0.3) is 0 Å². The zero-order valence-electron chi connectivity index (χ0n) is 18.8. The molecule has 2 atom stereocenters. The van der Waals surface area contributed by atoms with Crippen molar-refractivity contribution < 1.29 is 23.8 Å². The van der Waals surface area contributed by atoms with Crippen molar-refractivity contribution in [2.24, 2.45) is 0 Å². The summed E-state index contributed by atoms with van der Waals surface area (Å²) in [5.41, 5.74) is 2.43. The first kappa shape index (κ1) is 22.4. The van der Waals surface area contributed by atoms with Gasteiger partial charge in [0.1, 0.15) is 23.9 Å². The highest BCUT2D eigenvalue weighted by atomic mass is 16.6. The van der Waals surface area contributed by atoms with Gasteiger partial charge in [0, 0.05) is 24.0 Å². The lowest BCUT2D eigenvalue weighted by molar-refractivity contribution is -0.125. The summed E-state index contributed by atoms with van der Waals surface area (Å²) < 4.78 is 16.9. The molecule has 0 aliphatic carbocycles. The fraction of sp³-hybridized carbons (Fsp3) is 0.259. The van der Waals surface area contributed by atoms with E-state index in [0.717, 1.165) is 16.7 Å². The standard InChI is InChI=1S/C27H27NO5/c1-31-25-14-8-6-12-21(25)23-16-20(29)17-24(22-13-7-9-15-26(22)32-2)28(23)27(30)33-18-19-10-4-3-5-11-19/h3-15,23-24H,16-18H2,1-2H3/t23-,24-/m1/s1. The molecule has 4 rings (SSSR count). The summed E-state index contributed by atoms with van der Waals surface area (Å²) in [4.78, 5) is 28.1. The molecule has 0 bridgehead atoms. The zero-order valence-corrected chi connectivity index (χ0v) is 18.8. The molecule has 33 heavy (non-hydrogen) atoms. The molecule has 3 aromatic rings. The SMILES string of the molecule is COc1ccccc1[C@H]1CC(=O)C[C@H](c2ccccc2OC)N1C(=O)OCc1ccccc1. The van der Waals surface area contributed by atoms with Crippen LogP contribution in [-0.4, -0.2) is 31.0 Å². The quantitative estimate of drug-likeness (QED) is 0.502. The minimum atomic E-state index is -0.527. The van der Waals surface area contributed by atoms with Crippen LogP contribution in [0.1, 0.15) is 41.6 Å². The molecule has 0 unspecified atom stereocenters. The normalized spacial score (nSPS) is 18.0. The van der Waals surface area contributed by atoms with Crippen molar-refractivity contribution in [2.45, 2.75) is 31.5 Å². The second-order valence-corrected chi connectivity index (χ2v) is 7.91. The molecule has 1 saturated heterocycles. The Kier molecular flexibility index (Phi) is 6.93. The van der Waals surface area contributed by atoms with Crippen LogP contribution in [0.2, 0.25) is 0 Å². The molecule has 170 valence electrons. The Morgan fingerprint density at radius 1 is 0.788 bits per heavy atom. The fourth-order valence-corrected chi connectivity index (χ4v) is 4.38. The van der Waals surface area contributed by atoms with E-state index in [-0.39, 0.29) is 25.2 Å². The van der Waals surface area contributed by atoms with Crippen LogP contribution in [-0.2, 0) is 16.1 Å². The van der Waals surface area contributed by atoms with Crippen LogP contribution in [0.15, 0.2) is 78.9 Å². The van der Waals surface area contributed by atoms with Gasteiger partial charge in [-0.2, -0.15) is 0 Å². The molecule has 1 aliphatic rings. The second kappa shape index (κ2) is 10.2. The van der Waals surface area contributed by atoms with E-state index in [4.69, 9.17) is 14.2 Å². The van der Waals surface area contributed by atoms with Gasteiger partial charge in [-0.1, -0.05) is 66.7 Å². The van der Waals surface area contributed by atoms with E-state index in [2.05, 4.69) is 0 Å². The van der Waals surface area contributed by atoms with Crippen LogP contribution < -0.4 is 9.47 Å². The molecule has 1 aliphatic heterocycles. The van der Waals surface area contributed by atoms with E-state index in [0.29, 0.717) is 11.5 Å². The van der Waals surface area contributed by atoms with Crippen LogP contribution in [0.4, 0.5) is 4.79 Å². The maximum absolute atomic E-state index is 13.6. The van der Waals surface area contributed by atoms with Crippen molar-refractivity contribution in [3.63, 3.8) is 0 Å². The van der Waals surface area contributed by atoms with Crippen LogP contribution in [0, 0.1) is 0 Å². The minimum absolute atomic E-state index is 0.0638. The zero-order chi connectivity index (χ0) is 23.2. The maximum Gasteiger partial charge on any atom is 0.411 e. The molecule has 1 fully saturated rings. The number of ether oxygens (including phenoxy) is 3. The Balaban J connectivity index is 1.75. The number of methoxy groups -OCH3 is 2. The summed E-state index contributed by atoms with van der Waals surface area (Å²) in [6.45, 7) is 0.140. The van der Waals surface area contributed by atoms with Gasteiger partial charge in [-0.25, -0.2) is 4.79 Å². The van der Waals surface area contributed by atoms with Crippen molar-refractivity contribution in [3.8, 4) is 11.5 Å². The number of rotatable bonds is 6. The van der Waals surface area contributed by atoms with Crippen molar-refractivity contribution >= 4 is 11.9 Å². The minimum Gasteiger partial charge on any atom is -0.496 e. The monoisotopic (exact) mass is 445 g/mol. The average Bonchev–Trinajstić information content (AvgIpc) is 2.87. The number of hydrogen-bond acceptors (Lipinski definition) is 5. The molecule has 6 heteroatoms. The van der Waals surface area contributed by atoms with Crippen molar-refractivity contribution in [2.75, 3.05) is 14.2 Å². The molecule has 1 heterocycles. The maximum atomic E-state index is 13.6. The van der Waals surface area contributed by atoms with Gasteiger partial charge >= 0.3 is 6.09 Å². The van der Waals surface area contributed by atoms with Crippen LogP contribution in [0.25, 0.3) is 0 Å². The molecular weight excluding hydrogens is 418 g/mol. The van der Waals surface area contributed by atoms with E-state index >= 15 is 0 Å². The first-order valence-electron chi connectivity index (χ1n) is 10.9. The van der Waals surface area contributed by atoms with E-state index in [1.807, 2.05) is 78.9 Å². The first-order valence-corrected chi connectivity index (χ1v) is 10.9. The fourth-order valence-electron chi connectivity index (χ4n) is 4.38. The number of piperidine rings is 1. The van der Waals surface area contributed by atoms with Gasteiger partial charge in [-0.3, -0.25) is 9.69 Å². The number of hydrogen-bond donors (Lipinski definition) is 0. The third-order valence-electron chi connectivity index (χ3n) is 5.93. The third kappa shape index (κ3) is 4.85. The summed E-state index contributed by atoms with van der Waals surface area (Å²) in [6, 6.07) is 23.4. The Bertz CT molecular complexity index is 1050. The molecule has 0 radical (unpaired) electrons. The van der Waals surface area contributed by atoms with Gasteiger partial charge in [0.05, 0.1) is 26.3 Å². The van der Waals surface area contributed by atoms with E-state index in [1.165, 1.54) is 0 Å². The Morgan fingerprint density at radius 2 is 1.27 bits per heavy atom. The molecular formula is C27H27NO5. The number of nitrogens with zero attached hydrogens (tertiary/aromatic N) is 1. The number of likely N-dealkylation sites (tertiary alicyclic amines) is 1. The van der Waals surface area contributed by atoms with E-state index in [9.17, 15) is 9.59 Å². The average molecular weight is 446 g/mol. The van der Waals surface area contributed by atoms with Crippen molar-refractivity contribution in [1.29, 1.82) is 0 Å². The predicted octanol–water partition coefficient (Wildman–Crippen LogP) is 5.49. The third-order valence-corrected chi connectivity index (χ3v) is 5.93. The summed E-state index contributed by atoms with van der Waals surface area (Å²) in [6.07, 6.45) is -0.114. The largest absolute Gasteiger partial charge is 0.496 e. The number of para-hydroxylation sites is 2. The van der Waals surface area contributed by atoms with E-state index in [1.54, 1.807) is 19.1 Å². The van der Waals surface area contributed by atoms with Crippen LogP contribution >= 0.6 is 0 Å². The number of benzene rings is 3. The molecule has 0 aromatic heterocycles. The van der Waals surface area contributed by atoms with Crippen molar-refractivity contribution in [1.82, 2.24) is 4.90 Å². The molecule has 1 amide bonds. The molecule has 0 N–H and O–H groups in total. The summed E-state index contributed by atoms with van der Waals surface area (Å²) in [7, 11) is 3.17. The molecule has 0 saturated carbocycles. The highest BCUT2D eigenvalue weighted by molar-refractivity contribution is 5.84. The first-order chi connectivity index (χ1) is 16.1. The summed E-state index contributed by atoms with van der Waals surface area (Å²) in [5.74, 6) is 1.31. The Morgan fingerprint density at radius 3 is 1.79 bits per heavy atom. The highest BCUT2D eigenvalue weighted by Crippen LogP contribution is 2.45. The lowest BCUT2D eigenvalue weighted by Gasteiger charge is -2.41. The Labute approximate surface area is 193 Å². The van der Waals surface area contributed by atoms with Crippen molar-refractivity contribution in [3.05, 3.63) is 95.6 Å². The lowest BCUT2D eigenvalue weighted by atomic mass is 9.86. The van der Waals surface area contributed by atoms with Gasteiger partial charge in [0.15, 0.2) is 0 Å². The summed E-state index contributed by atoms with van der Waals surface area (Å²) >= 11 is 0. The topological polar surface area (TPSA) is 65.1 Å². The number of ketones is 1. The van der Waals surface area contributed by atoms with Gasteiger partial charge in [0.2, 0.25) is 0 Å². The number of amides is 1. The number of carbonyl (C=O) groups is 2. The van der Waals surface area contributed by atoms with Gasteiger partial charge in [-0.05, 0) is 17.7 Å². The predicted molar refractivity (Wildman–Crippen MR) is 124 cm³/mol. The Hall–Kier alpha value is -3.80. The molecule has 6 nitrogen and oxygen atoms in total. The van der Waals surface area contributed by atoms with Gasteiger partial charge < -0.3 is 14.2 Å². The lowest BCUT2D eigenvalue weighted by Crippen LogP contribution is -2.44. The molecule has 3 aromatic carbocycles. The smallest absolute Gasteiger partial charge is 0.411 e.